The summed E-state index contributed by atoms with van der Waals surface area (Å²) in [7, 11) is 1.82. The number of aliphatic hydroxyl groups is 1. The standard InChI is InChI=1S/C26H28N8O5/c1-33-16-19(11-31-33)22-5-6-24(36)34(32-22)15-17-3-2-4-18(9-17)25-29-13-21(14-30-25)38-8-7-27-26(37)39-23-10-20(35)12-28-23/h2-6,9,11,13-14,16,20,23,28,35H,7-8,10,12,15H2,1H3,(H,27,37)/t20-,23+/m1/s1. The lowest BCUT2D eigenvalue weighted by Gasteiger charge is -2.13. The Hall–Kier alpha value is -4.62. The maximum absolute atomic E-state index is 12.4. The van der Waals surface area contributed by atoms with Gasteiger partial charge in [-0.2, -0.15) is 10.2 Å². The molecule has 0 spiro atoms. The van der Waals surface area contributed by atoms with Crippen molar-refractivity contribution in [2.45, 2.75) is 25.3 Å². The van der Waals surface area contributed by atoms with Gasteiger partial charge in [0.15, 0.2) is 17.8 Å². The van der Waals surface area contributed by atoms with Gasteiger partial charge in [-0.15, -0.1) is 0 Å². The van der Waals surface area contributed by atoms with Crippen LogP contribution < -0.4 is 20.9 Å². The number of ether oxygens (including phenoxy) is 2. The van der Waals surface area contributed by atoms with Crippen LogP contribution in [0.1, 0.15) is 12.0 Å². The highest BCUT2D eigenvalue weighted by Gasteiger charge is 2.25. The Morgan fingerprint density at radius 2 is 2.03 bits per heavy atom. The van der Waals surface area contributed by atoms with Gasteiger partial charge in [-0.05, 0) is 17.7 Å². The number of hydrogen-bond donors (Lipinski definition) is 3. The molecule has 0 unspecified atom stereocenters. The van der Waals surface area contributed by atoms with Crippen LogP contribution >= 0.6 is 0 Å². The fraction of sp³-hybridized carbons (Fsp3) is 0.308. The number of amides is 1. The van der Waals surface area contributed by atoms with Crippen LogP contribution in [0.25, 0.3) is 22.6 Å². The first-order valence-corrected chi connectivity index (χ1v) is 12.4. The molecule has 0 radical (unpaired) electrons. The monoisotopic (exact) mass is 532 g/mol. The average Bonchev–Trinajstić information content (AvgIpc) is 3.56. The molecule has 1 fully saturated rings. The van der Waals surface area contributed by atoms with Crippen molar-refractivity contribution in [2.24, 2.45) is 7.05 Å². The van der Waals surface area contributed by atoms with Crippen LogP contribution in [0.4, 0.5) is 4.79 Å². The summed E-state index contributed by atoms with van der Waals surface area (Å²) in [5.41, 5.74) is 2.94. The minimum absolute atomic E-state index is 0.202. The molecule has 4 aromatic rings. The second kappa shape index (κ2) is 11.8. The lowest BCUT2D eigenvalue weighted by Crippen LogP contribution is -2.35. The van der Waals surface area contributed by atoms with Crippen LogP contribution in [0.2, 0.25) is 0 Å². The summed E-state index contributed by atoms with van der Waals surface area (Å²) >= 11 is 0. The molecule has 13 nitrogen and oxygen atoms in total. The Kier molecular flexibility index (Phi) is 7.89. The molecule has 2 atom stereocenters. The predicted molar refractivity (Wildman–Crippen MR) is 140 cm³/mol. The summed E-state index contributed by atoms with van der Waals surface area (Å²) in [5, 5.41) is 23.6. The smallest absolute Gasteiger partial charge is 0.408 e. The van der Waals surface area contributed by atoms with E-state index in [0.717, 1.165) is 16.7 Å². The maximum Gasteiger partial charge on any atom is 0.408 e. The van der Waals surface area contributed by atoms with Gasteiger partial charge in [0.1, 0.15) is 6.61 Å². The van der Waals surface area contributed by atoms with E-state index in [0.29, 0.717) is 30.2 Å². The number of aromatic nitrogens is 6. The number of nitrogens with one attached hydrogen (secondary N) is 2. The predicted octanol–water partition coefficient (Wildman–Crippen LogP) is 0.934. The van der Waals surface area contributed by atoms with Gasteiger partial charge in [0, 0.05) is 43.4 Å². The van der Waals surface area contributed by atoms with E-state index in [1.807, 2.05) is 37.5 Å². The van der Waals surface area contributed by atoms with Crippen molar-refractivity contribution in [3.8, 4) is 28.4 Å². The van der Waals surface area contributed by atoms with Crippen LogP contribution in [0, 0.1) is 0 Å². The maximum atomic E-state index is 12.4. The van der Waals surface area contributed by atoms with Crippen LogP contribution in [0.3, 0.4) is 0 Å². The normalized spacial score (nSPS) is 16.7. The fourth-order valence-electron chi connectivity index (χ4n) is 4.06. The zero-order chi connectivity index (χ0) is 27.2. The van der Waals surface area contributed by atoms with Crippen LogP contribution in [-0.4, -0.2) is 72.8 Å². The summed E-state index contributed by atoms with van der Waals surface area (Å²) in [6.45, 7) is 1.12. The molecule has 1 amide bonds. The molecule has 5 rings (SSSR count). The van der Waals surface area contributed by atoms with E-state index in [1.165, 1.54) is 10.7 Å². The molecular weight excluding hydrogens is 504 g/mol. The summed E-state index contributed by atoms with van der Waals surface area (Å²) in [4.78, 5) is 33.0. The van der Waals surface area contributed by atoms with Crippen molar-refractivity contribution < 1.29 is 19.4 Å². The Bertz CT molecular complexity index is 1490. The number of β-amino-alcohol motifs (C(OH)–C–C–N with tert-alkyl or cyclic N) is 1. The third-order valence-corrected chi connectivity index (χ3v) is 5.97. The quantitative estimate of drug-likeness (QED) is 0.265. The first kappa shape index (κ1) is 26.0. The molecule has 13 heteroatoms. The molecule has 39 heavy (non-hydrogen) atoms. The average molecular weight is 533 g/mol. The van der Waals surface area contributed by atoms with E-state index in [9.17, 15) is 14.7 Å². The number of carbonyl (C=O) groups is 1. The molecule has 0 aliphatic carbocycles. The van der Waals surface area contributed by atoms with Gasteiger partial charge in [0.2, 0.25) is 0 Å². The highest BCUT2D eigenvalue weighted by Crippen LogP contribution is 2.19. The number of nitrogens with zero attached hydrogens (tertiary/aromatic N) is 6. The second-order valence-corrected chi connectivity index (χ2v) is 9.03. The van der Waals surface area contributed by atoms with Crippen molar-refractivity contribution in [3.05, 3.63) is 77.1 Å². The van der Waals surface area contributed by atoms with Crippen molar-refractivity contribution >= 4 is 6.09 Å². The first-order valence-electron chi connectivity index (χ1n) is 12.4. The lowest BCUT2D eigenvalue weighted by molar-refractivity contribution is 0.0796. The largest absolute Gasteiger partial charge is 0.489 e. The van der Waals surface area contributed by atoms with E-state index in [-0.39, 0.29) is 25.3 Å². The zero-order valence-corrected chi connectivity index (χ0v) is 21.2. The van der Waals surface area contributed by atoms with Crippen molar-refractivity contribution in [1.29, 1.82) is 0 Å². The minimum Gasteiger partial charge on any atom is -0.489 e. The number of rotatable bonds is 9. The van der Waals surface area contributed by atoms with Gasteiger partial charge in [-0.3, -0.25) is 14.8 Å². The highest BCUT2D eigenvalue weighted by molar-refractivity contribution is 5.67. The second-order valence-electron chi connectivity index (χ2n) is 9.03. The van der Waals surface area contributed by atoms with E-state index >= 15 is 0 Å². The third kappa shape index (κ3) is 6.83. The molecule has 4 heterocycles. The molecular formula is C26H28N8O5. The van der Waals surface area contributed by atoms with Gasteiger partial charge < -0.3 is 19.9 Å². The van der Waals surface area contributed by atoms with E-state index in [4.69, 9.17) is 9.47 Å². The van der Waals surface area contributed by atoms with Gasteiger partial charge in [-0.25, -0.2) is 19.4 Å². The number of carbonyl (C=O) groups excluding carboxylic acids is 1. The Balaban J connectivity index is 1.15. The highest BCUT2D eigenvalue weighted by atomic mass is 16.6. The third-order valence-electron chi connectivity index (χ3n) is 5.97. The number of hydrogen-bond acceptors (Lipinski definition) is 10. The van der Waals surface area contributed by atoms with Gasteiger partial charge >= 0.3 is 6.09 Å². The molecule has 1 saturated heterocycles. The molecule has 1 aromatic carbocycles. The van der Waals surface area contributed by atoms with E-state index in [2.05, 4.69) is 30.8 Å². The SMILES string of the molecule is Cn1cc(-c2ccc(=O)n(Cc3cccc(-c4ncc(OCCNC(=O)O[C@H]5C[C@@H](O)CN5)cn4)c3)n2)cn1. The zero-order valence-electron chi connectivity index (χ0n) is 21.2. The van der Waals surface area contributed by atoms with E-state index in [1.54, 1.807) is 29.3 Å². The number of aliphatic hydroxyl groups excluding tert-OH is 1. The Morgan fingerprint density at radius 3 is 2.77 bits per heavy atom. The molecule has 3 N–H and O–H groups in total. The molecule has 0 bridgehead atoms. The van der Waals surface area contributed by atoms with Crippen molar-refractivity contribution in [2.75, 3.05) is 19.7 Å². The Morgan fingerprint density at radius 1 is 1.18 bits per heavy atom. The topological polar surface area (TPSA) is 158 Å². The van der Waals surface area contributed by atoms with Crippen molar-refractivity contribution in [3.63, 3.8) is 0 Å². The fourth-order valence-corrected chi connectivity index (χ4v) is 4.06. The lowest BCUT2D eigenvalue weighted by atomic mass is 10.1. The van der Waals surface area contributed by atoms with Crippen LogP contribution in [-0.2, 0) is 18.3 Å². The van der Waals surface area contributed by atoms with Gasteiger partial charge in [0.25, 0.3) is 5.56 Å². The first-order chi connectivity index (χ1) is 18.9. The van der Waals surface area contributed by atoms with Crippen molar-refractivity contribution in [1.82, 2.24) is 40.2 Å². The number of benzene rings is 1. The number of aryl methyl sites for hydroxylation is 1. The molecule has 0 saturated carbocycles. The summed E-state index contributed by atoms with van der Waals surface area (Å²) in [5.74, 6) is 0.954. The van der Waals surface area contributed by atoms with Crippen LogP contribution in [0.15, 0.2) is 66.0 Å². The minimum atomic E-state index is -0.585. The van der Waals surface area contributed by atoms with Gasteiger partial charge in [0.05, 0.1) is 43.5 Å². The number of alkyl carbamates (subject to hydrolysis) is 1. The van der Waals surface area contributed by atoms with Crippen LogP contribution in [0.5, 0.6) is 5.75 Å². The molecule has 1 aliphatic heterocycles. The van der Waals surface area contributed by atoms with E-state index < -0.39 is 18.4 Å². The molecule has 1 aliphatic rings. The van der Waals surface area contributed by atoms with Gasteiger partial charge in [-0.1, -0.05) is 18.2 Å². The summed E-state index contributed by atoms with van der Waals surface area (Å²) < 4.78 is 13.8. The summed E-state index contributed by atoms with van der Waals surface area (Å²) in [6.07, 6.45) is 5.44. The molecule has 3 aromatic heterocycles. The summed E-state index contributed by atoms with van der Waals surface area (Å²) in [6, 6.07) is 10.8. The molecule has 202 valence electrons. The Labute approximate surface area is 223 Å².